The molecule has 1 saturated heterocycles. The van der Waals surface area contributed by atoms with Crippen molar-refractivity contribution in [1.29, 1.82) is 0 Å². The van der Waals surface area contributed by atoms with Crippen LogP contribution >= 0.6 is 11.6 Å². The van der Waals surface area contributed by atoms with Gasteiger partial charge in [0.15, 0.2) is 0 Å². The molecule has 1 atom stereocenters. The molecule has 1 aromatic rings. The number of aromatic nitrogens is 1. The Morgan fingerprint density at radius 3 is 2.94 bits per heavy atom. The van der Waals surface area contributed by atoms with Gasteiger partial charge >= 0.3 is 0 Å². The first-order valence-electron chi connectivity index (χ1n) is 6.72. The van der Waals surface area contributed by atoms with Gasteiger partial charge in [-0.05, 0) is 43.9 Å². The van der Waals surface area contributed by atoms with Crippen molar-refractivity contribution >= 4 is 11.6 Å². The minimum absolute atomic E-state index is 0.256. The maximum Gasteiger partial charge on any atom is 0.0759 e. The van der Waals surface area contributed by atoms with Crippen LogP contribution in [-0.2, 0) is 4.74 Å². The van der Waals surface area contributed by atoms with Crippen LogP contribution in [0.2, 0.25) is 5.02 Å². The van der Waals surface area contributed by atoms with Crippen LogP contribution in [0.1, 0.15) is 37.9 Å². The van der Waals surface area contributed by atoms with Crippen molar-refractivity contribution < 1.29 is 4.74 Å². The fraction of sp³-hybridized carbons (Fsp3) is 0.643. The smallest absolute Gasteiger partial charge is 0.0759 e. The number of pyridine rings is 1. The van der Waals surface area contributed by atoms with E-state index in [-0.39, 0.29) is 6.04 Å². The molecule has 0 radical (unpaired) electrons. The quantitative estimate of drug-likeness (QED) is 0.891. The Labute approximate surface area is 114 Å². The van der Waals surface area contributed by atoms with Crippen molar-refractivity contribution in [1.82, 2.24) is 10.3 Å². The molecule has 4 heteroatoms. The molecule has 2 heterocycles. The van der Waals surface area contributed by atoms with E-state index in [2.05, 4.69) is 17.2 Å². The summed E-state index contributed by atoms with van der Waals surface area (Å²) in [5.41, 5.74) is 0.979. The maximum absolute atomic E-state index is 6.25. The van der Waals surface area contributed by atoms with Gasteiger partial charge in [-0.15, -0.1) is 0 Å². The molecule has 2 rings (SSSR count). The Balaban J connectivity index is 2.05. The third kappa shape index (κ3) is 3.67. The number of halogens is 1. The first kappa shape index (κ1) is 13.8. The van der Waals surface area contributed by atoms with E-state index in [1.54, 1.807) is 0 Å². The van der Waals surface area contributed by atoms with E-state index in [0.29, 0.717) is 5.92 Å². The Bertz CT molecular complexity index is 367. The van der Waals surface area contributed by atoms with Crippen molar-refractivity contribution in [2.75, 3.05) is 19.8 Å². The zero-order chi connectivity index (χ0) is 12.8. The second-order valence-corrected chi connectivity index (χ2v) is 5.18. The Morgan fingerprint density at radius 2 is 2.28 bits per heavy atom. The van der Waals surface area contributed by atoms with Crippen LogP contribution in [0.15, 0.2) is 18.3 Å². The van der Waals surface area contributed by atoms with Gasteiger partial charge in [-0.25, -0.2) is 0 Å². The lowest BCUT2D eigenvalue weighted by Gasteiger charge is -2.27. The molecule has 1 unspecified atom stereocenters. The molecule has 1 aliphatic rings. The molecule has 100 valence electrons. The van der Waals surface area contributed by atoms with Crippen LogP contribution in [0.3, 0.4) is 0 Å². The zero-order valence-electron chi connectivity index (χ0n) is 10.9. The predicted octanol–water partition coefficient (Wildman–Crippen LogP) is 3.20. The summed E-state index contributed by atoms with van der Waals surface area (Å²) in [6.07, 6.45) is 5.20. The average molecular weight is 269 g/mol. The van der Waals surface area contributed by atoms with E-state index >= 15 is 0 Å². The lowest BCUT2D eigenvalue weighted by Crippen LogP contribution is -2.27. The molecule has 0 saturated carbocycles. The number of rotatable bonds is 5. The van der Waals surface area contributed by atoms with Crippen LogP contribution in [0.5, 0.6) is 0 Å². The summed E-state index contributed by atoms with van der Waals surface area (Å²) in [4.78, 5) is 4.44. The summed E-state index contributed by atoms with van der Waals surface area (Å²) in [6, 6.07) is 4.05. The highest BCUT2D eigenvalue weighted by Gasteiger charge is 2.22. The van der Waals surface area contributed by atoms with E-state index in [1.807, 2.05) is 18.3 Å². The first-order chi connectivity index (χ1) is 8.81. The topological polar surface area (TPSA) is 34.1 Å². The van der Waals surface area contributed by atoms with Gasteiger partial charge in [-0.1, -0.05) is 18.5 Å². The van der Waals surface area contributed by atoms with Gasteiger partial charge in [0.25, 0.3) is 0 Å². The maximum atomic E-state index is 6.25. The number of hydrogen-bond donors (Lipinski definition) is 1. The Hall–Kier alpha value is -0.640. The minimum Gasteiger partial charge on any atom is -0.381 e. The number of ether oxygens (including phenoxy) is 1. The second-order valence-electron chi connectivity index (χ2n) is 4.77. The zero-order valence-corrected chi connectivity index (χ0v) is 11.6. The van der Waals surface area contributed by atoms with Crippen molar-refractivity contribution in [3.63, 3.8) is 0 Å². The Morgan fingerprint density at radius 1 is 1.50 bits per heavy atom. The molecular weight excluding hydrogens is 248 g/mol. The first-order valence-corrected chi connectivity index (χ1v) is 7.10. The molecule has 0 aromatic carbocycles. The Kier molecular flexibility index (Phi) is 5.42. The third-order valence-corrected chi connectivity index (χ3v) is 3.80. The second kappa shape index (κ2) is 7.07. The largest absolute Gasteiger partial charge is 0.381 e. The fourth-order valence-electron chi connectivity index (χ4n) is 2.51. The van der Waals surface area contributed by atoms with Gasteiger partial charge in [0.1, 0.15) is 0 Å². The van der Waals surface area contributed by atoms with Crippen LogP contribution < -0.4 is 5.32 Å². The molecule has 0 amide bonds. The summed E-state index contributed by atoms with van der Waals surface area (Å²) in [6.45, 7) is 4.83. The van der Waals surface area contributed by atoms with Crippen LogP contribution in [-0.4, -0.2) is 24.7 Å². The third-order valence-electron chi connectivity index (χ3n) is 3.48. The normalized spacial score (nSPS) is 18.8. The van der Waals surface area contributed by atoms with Crippen molar-refractivity contribution in [3.8, 4) is 0 Å². The van der Waals surface area contributed by atoms with E-state index in [0.717, 1.165) is 49.7 Å². The van der Waals surface area contributed by atoms with Crippen LogP contribution in [0.4, 0.5) is 0 Å². The van der Waals surface area contributed by atoms with E-state index in [4.69, 9.17) is 16.3 Å². The average Bonchev–Trinajstić information content (AvgIpc) is 2.40. The fourth-order valence-corrected chi connectivity index (χ4v) is 2.76. The van der Waals surface area contributed by atoms with E-state index < -0.39 is 0 Å². The van der Waals surface area contributed by atoms with Gasteiger partial charge in [-0.2, -0.15) is 0 Å². The molecule has 1 fully saturated rings. The summed E-state index contributed by atoms with van der Waals surface area (Å²) in [5, 5.41) is 4.26. The molecule has 0 spiro atoms. The van der Waals surface area contributed by atoms with Gasteiger partial charge in [0, 0.05) is 19.4 Å². The van der Waals surface area contributed by atoms with Crippen molar-refractivity contribution in [3.05, 3.63) is 29.0 Å². The van der Waals surface area contributed by atoms with E-state index in [9.17, 15) is 0 Å². The highest BCUT2D eigenvalue weighted by molar-refractivity contribution is 6.31. The molecule has 18 heavy (non-hydrogen) atoms. The highest BCUT2D eigenvalue weighted by atomic mass is 35.5. The lowest BCUT2D eigenvalue weighted by atomic mass is 9.91. The summed E-state index contributed by atoms with van der Waals surface area (Å²) in [5.74, 6) is 0.709. The van der Waals surface area contributed by atoms with Gasteiger partial charge < -0.3 is 10.1 Å². The van der Waals surface area contributed by atoms with Gasteiger partial charge in [0.2, 0.25) is 0 Å². The molecule has 0 aliphatic carbocycles. The molecule has 1 N–H and O–H groups in total. The SMILES string of the molecule is CCNC(CC1CCOCC1)c1ncccc1Cl. The van der Waals surface area contributed by atoms with Gasteiger partial charge in [-0.3, -0.25) is 4.98 Å². The summed E-state index contributed by atoms with van der Waals surface area (Å²) >= 11 is 6.25. The van der Waals surface area contributed by atoms with Gasteiger partial charge in [0.05, 0.1) is 16.8 Å². The number of nitrogens with one attached hydrogen (secondary N) is 1. The van der Waals surface area contributed by atoms with Crippen molar-refractivity contribution in [2.24, 2.45) is 5.92 Å². The number of nitrogens with zero attached hydrogens (tertiary/aromatic N) is 1. The van der Waals surface area contributed by atoms with E-state index in [1.165, 1.54) is 0 Å². The molecular formula is C14H21ClN2O. The predicted molar refractivity (Wildman–Crippen MR) is 73.8 cm³/mol. The number of hydrogen-bond acceptors (Lipinski definition) is 3. The lowest BCUT2D eigenvalue weighted by molar-refractivity contribution is 0.0604. The highest BCUT2D eigenvalue weighted by Crippen LogP contribution is 2.29. The molecule has 1 aliphatic heterocycles. The molecule has 3 nitrogen and oxygen atoms in total. The standard InChI is InChI=1S/C14H21ClN2O/c1-2-16-13(10-11-5-8-18-9-6-11)14-12(15)4-3-7-17-14/h3-4,7,11,13,16H,2,5-6,8-10H2,1H3. The molecule has 1 aromatic heterocycles. The molecule has 0 bridgehead atoms. The minimum atomic E-state index is 0.256. The van der Waals surface area contributed by atoms with Crippen molar-refractivity contribution in [2.45, 2.75) is 32.2 Å². The summed E-state index contributed by atoms with van der Waals surface area (Å²) < 4.78 is 5.41. The monoisotopic (exact) mass is 268 g/mol. The van der Waals surface area contributed by atoms with Crippen LogP contribution in [0, 0.1) is 5.92 Å². The van der Waals surface area contributed by atoms with Crippen LogP contribution in [0.25, 0.3) is 0 Å². The summed E-state index contributed by atoms with van der Waals surface area (Å²) in [7, 11) is 0.